The molecule has 2 rings (SSSR count). The van der Waals surface area contributed by atoms with Crippen LogP contribution in [-0.2, 0) is 20.7 Å². The number of carbonyl (C=O) groups is 2. The summed E-state index contributed by atoms with van der Waals surface area (Å²) in [6.45, 7) is 2.27. The quantitative estimate of drug-likeness (QED) is 0.896. The van der Waals surface area contributed by atoms with Gasteiger partial charge in [0, 0.05) is 5.02 Å². The van der Waals surface area contributed by atoms with E-state index >= 15 is 0 Å². The van der Waals surface area contributed by atoms with Crippen LogP contribution in [-0.4, -0.2) is 47.2 Å². The topological polar surface area (TPSA) is 66.8 Å². The van der Waals surface area contributed by atoms with E-state index in [0.29, 0.717) is 18.1 Å². The van der Waals surface area contributed by atoms with Crippen LogP contribution in [0.2, 0.25) is 5.02 Å². The average Bonchev–Trinajstić information content (AvgIpc) is 2.35. The lowest BCUT2D eigenvalue weighted by atomic mass is 9.95. The number of nitrogens with zero attached hydrogens (tertiary/aromatic N) is 1. The van der Waals surface area contributed by atoms with Gasteiger partial charge < -0.3 is 14.7 Å². The molecule has 6 heteroatoms. The van der Waals surface area contributed by atoms with Crippen LogP contribution in [0.15, 0.2) is 24.3 Å². The number of benzene rings is 1. The molecule has 0 unspecified atom stereocenters. The summed E-state index contributed by atoms with van der Waals surface area (Å²) in [5, 5.41) is 9.15. The van der Waals surface area contributed by atoms with E-state index in [0.717, 1.165) is 5.56 Å². The highest BCUT2D eigenvalue weighted by molar-refractivity contribution is 6.31. The Kier molecular flexibility index (Phi) is 4.30. The molecule has 1 aliphatic heterocycles. The lowest BCUT2D eigenvalue weighted by Crippen LogP contribution is -2.63. The molecule has 0 radical (unpaired) electrons. The molecule has 108 valence electrons. The Balaban J connectivity index is 1.85. The van der Waals surface area contributed by atoms with E-state index in [1.165, 1.54) is 0 Å². The fourth-order valence-corrected chi connectivity index (χ4v) is 2.38. The van der Waals surface area contributed by atoms with Gasteiger partial charge in [0.1, 0.15) is 12.2 Å². The number of carboxylic acids is 1. The minimum Gasteiger partial charge on any atom is -0.480 e. The summed E-state index contributed by atoms with van der Waals surface area (Å²) in [5.74, 6) is -1.04. The van der Waals surface area contributed by atoms with E-state index in [9.17, 15) is 9.59 Å². The van der Waals surface area contributed by atoms with Crippen LogP contribution in [0.25, 0.3) is 0 Å². The van der Waals surface area contributed by atoms with Gasteiger partial charge in [-0.25, -0.2) is 4.79 Å². The second-order valence-electron chi connectivity index (χ2n) is 5.15. The van der Waals surface area contributed by atoms with E-state index in [-0.39, 0.29) is 18.9 Å². The highest BCUT2D eigenvalue weighted by Crippen LogP contribution is 2.26. The van der Waals surface area contributed by atoms with Crippen molar-refractivity contribution < 1.29 is 19.4 Å². The second kappa shape index (κ2) is 5.81. The minimum absolute atomic E-state index is 0.0329. The minimum atomic E-state index is -1.01. The summed E-state index contributed by atoms with van der Waals surface area (Å²) in [6, 6.07) is 7.22. The molecule has 1 aromatic carbocycles. The average molecular weight is 298 g/mol. The Hall–Kier alpha value is -1.59. The summed E-state index contributed by atoms with van der Waals surface area (Å²) in [7, 11) is 0. The van der Waals surface area contributed by atoms with Gasteiger partial charge in [0.2, 0.25) is 5.91 Å². The first-order valence-corrected chi connectivity index (χ1v) is 6.64. The Morgan fingerprint density at radius 3 is 2.65 bits per heavy atom. The van der Waals surface area contributed by atoms with E-state index in [4.69, 9.17) is 21.4 Å². The molecule has 1 amide bonds. The number of ether oxygens (including phenoxy) is 1. The number of amides is 1. The number of carbonyl (C=O) groups excluding carboxylic acids is 1. The number of halogens is 1. The Morgan fingerprint density at radius 2 is 2.05 bits per heavy atom. The predicted octanol–water partition coefficient (Wildman–Crippen LogP) is 1.58. The molecule has 0 aromatic heterocycles. The fourth-order valence-electron chi connectivity index (χ4n) is 2.18. The molecule has 1 heterocycles. The van der Waals surface area contributed by atoms with E-state index in [2.05, 4.69) is 0 Å². The zero-order valence-electron chi connectivity index (χ0n) is 11.1. The molecule has 0 spiro atoms. The highest BCUT2D eigenvalue weighted by Gasteiger charge is 2.42. The van der Waals surface area contributed by atoms with Gasteiger partial charge in [0.25, 0.3) is 0 Å². The monoisotopic (exact) mass is 297 g/mol. The van der Waals surface area contributed by atoms with Crippen molar-refractivity contribution in [1.82, 2.24) is 4.90 Å². The van der Waals surface area contributed by atoms with Crippen molar-refractivity contribution in [2.24, 2.45) is 0 Å². The van der Waals surface area contributed by atoms with Crippen molar-refractivity contribution in [2.45, 2.75) is 18.9 Å². The Bertz CT molecular complexity index is 526. The number of likely N-dealkylation sites (tertiary alicyclic amines) is 1. The third kappa shape index (κ3) is 3.49. The molecule has 1 N–H and O–H groups in total. The van der Waals surface area contributed by atoms with Crippen molar-refractivity contribution in [3.05, 3.63) is 34.9 Å². The molecule has 1 fully saturated rings. The summed E-state index contributed by atoms with van der Waals surface area (Å²) >= 11 is 6.01. The lowest BCUT2D eigenvalue weighted by molar-refractivity contribution is -0.172. The third-order valence-corrected chi connectivity index (χ3v) is 3.62. The second-order valence-corrected chi connectivity index (χ2v) is 5.56. The van der Waals surface area contributed by atoms with Gasteiger partial charge in [0.05, 0.1) is 19.5 Å². The van der Waals surface area contributed by atoms with Gasteiger partial charge in [-0.2, -0.15) is 0 Å². The number of aliphatic carboxylic acids is 1. The number of carboxylic acid groups (broad SMARTS) is 1. The van der Waals surface area contributed by atoms with Gasteiger partial charge in [-0.1, -0.05) is 29.8 Å². The van der Waals surface area contributed by atoms with Gasteiger partial charge in [-0.05, 0) is 18.6 Å². The molecule has 0 aliphatic carbocycles. The van der Waals surface area contributed by atoms with Crippen LogP contribution >= 0.6 is 11.6 Å². The molecule has 5 nitrogen and oxygen atoms in total. The largest absolute Gasteiger partial charge is 0.480 e. The first-order chi connectivity index (χ1) is 9.39. The Morgan fingerprint density at radius 1 is 1.40 bits per heavy atom. The van der Waals surface area contributed by atoms with Gasteiger partial charge in [-0.15, -0.1) is 0 Å². The molecule has 20 heavy (non-hydrogen) atoms. The maximum Gasteiger partial charge on any atom is 0.329 e. The molecular weight excluding hydrogens is 282 g/mol. The predicted molar refractivity (Wildman–Crippen MR) is 73.7 cm³/mol. The van der Waals surface area contributed by atoms with Crippen LogP contribution in [0.5, 0.6) is 0 Å². The van der Waals surface area contributed by atoms with Gasteiger partial charge >= 0.3 is 5.97 Å². The smallest absolute Gasteiger partial charge is 0.329 e. The zero-order valence-corrected chi connectivity index (χ0v) is 11.9. The summed E-state index contributed by atoms with van der Waals surface area (Å²) in [4.78, 5) is 24.2. The normalized spacial score (nSPS) is 16.6. The summed E-state index contributed by atoms with van der Waals surface area (Å²) in [6.07, 6.45) is 0.245. The Labute approximate surface area is 122 Å². The SMILES string of the molecule is CC1(OCC(=O)O)CN(C(=O)Cc2ccccc2Cl)C1. The van der Waals surface area contributed by atoms with E-state index in [1.54, 1.807) is 17.9 Å². The van der Waals surface area contributed by atoms with Crippen LogP contribution in [0.4, 0.5) is 0 Å². The number of hydrogen-bond donors (Lipinski definition) is 1. The standard InChI is InChI=1S/C14H16ClNO4/c1-14(20-7-13(18)19)8-16(9-14)12(17)6-10-4-2-3-5-11(10)15/h2-5H,6-9H2,1H3,(H,18,19). The van der Waals surface area contributed by atoms with E-state index in [1.807, 2.05) is 18.2 Å². The maximum absolute atomic E-state index is 12.1. The summed E-state index contributed by atoms with van der Waals surface area (Å²) in [5.41, 5.74) is 0.230. The first-order valence-electron chi connectivity index (χ1n) is 6.26. The number of rotatable bonds is 5. The van der Waals surface area contributed by atoms with Gasteiger partial charge in [-0.3, -0.25) is 4.79 Å². The molecular formula is C14H16ClNO4. The van der Waals surface area contributed by atoms with Crippen molar-refractivity contribution >= 4 is 23.5 Å². The fraction of sp³-hybridized carbons (Fsp3) is 0.429. The van der Waals surface area contributed by atoms with Crippen molar-refractivity contribution in [3.63, 3.8) is 0 Å². The molecule has 0 atom stereocenters. The van der Waals surface area contributed by atoms with Crippen molar-refractivity contribution in [1.29, 1.82) is 0 Å². The third-order valence-electron chi connectivity index (χ3n) is 3.25. The summed E-state index contributed by atoms with van der Waals surface area (Å²) < 4.78 is 5.26. The highest BCUT2D eigenvalue weighted by atomic mass is 35.5. The number of hydrogen-bond acceptors (Lipinski definition) is 3. The van der Waals surface area contributed by atoms with Crippen LogP contribution in [0.3, 0.4) is 0 Å². The van der Waals surface area contributed by atoms with Crippen molar-refractivity contribution in [2.75, 3.05) is 19.7 Å². The first kappa shape index (κ1) is 14.8. The zero-order chi connectivity index (χ0) is 14.8. The van der Waals surface area contributed by atoms with Crippen LogP contribution in [0, 0.1) is 0 Å². The molecule has 0 bridgehead atoms. The molecule has 1 aliphatic rings. The molecule has 1 saturated heterocycles. The maximum atomic E-state index is 12.1. The van der Waals surface area contributed by atoms with E-state index < -0.39 is 11.6 Å². The lowest BCUT2D eigenvalue weighted by Gasteiger charge is -2.47. The van der Waals surface area contributed by atoms with Crippen LogP contribution < -0.4 is 0 Å². The van der Waals surface area contributed by atoms with Crippen LogP contribution in [0.1, 0.15) is 12.5 Å². The molecule has 1 aromatic rings. The van der Waals surface area contributed by atoms with Gasteiger partial charge in [0.15, 0.2) is 0 Å². The molecule has 0 saturated carbocycles. The van der Waals surface area contributed by atoms with Crippen molar-refractivity contribution in [3.8, 4) is 0 Å².